The maximum Gasteiger partial charge on any atom is 0.417 e. The second-order valence-electron chi connectivity index (χ2n) is 7.97. The van der Waals surface area contributed by atoms with Gasteiger partial charge < -0.3 is 15.0 Å². The molecule has 0 atom stereocenters. The van der Waals surface area contributed by atoms with Crippen molar-refractivity contribution in [1.29, 1.82) is 0 Å². The smallest absolute Gasteiger partial charge is 0.417 e. The number of hydrogen-bond donors (Lipinski definition) is 1. The number of aryl methyl sites for hydroxylation is 1. The highest BCUT2D eigenvalue weighted by Gasteiger charge is 2.30. The summed E-state index contributed by atoms with van der Waals surface area (Å²) in [5.74, 6) is 0.561. The molecule has 1 aliphatic rings. The lowest BCUT2D eigenvalue weighted by atomic mass is 10.0. The summed E-state index contributed by atoms with van der Waals surface area (Å²) in [6, 6.07) is 12.9. The van der Waals surface area contributed by atoms with Gasteiger partial charge in [-0.1, -0.05) is 23.8 Å². The summed E-state index contributed by atoms with van der Waals surface area (Å²) in [5, 5.41) is 2.87. The van der Waals surface area contributed by atoms with Crippen molar-refractivity contribution in [2.45, 2.75) is 25.9 Å². The van der Waals surface area contributed by atoms with Gasteiger partial charge in [-0.3, -0.25) is 4.98 Å². The van der Waals surface area contributed by atoms with E-state index in [1.54, 1.807) is 23.2 Å². The number of alkyl halides is 3. The molecule has 4 rings (SSSR count). The number of likely N-dealkylation sites (tertiary alicyclic amines) is 1. The number of urea groups is 1. The number of halogens is 3. The Morgan fingerprint density at radius 3 is 2.50 bits per heavy atom. The SMILES string of the molecule is Cc1ccc(NC(=O)N2CCC(=Cc3cccc(Oc4ccc(C(F)(F)F)cn4)c3)CC2)cn1. The van der Waals surface area contributed by atoms with E-state index in [4.69, 9.17) is 4.74 Å². The van der Waals surface area contributed by atoms with E-state index in [1.807, 2.05) is 37.3 Å². The fraction of sp³-hybridized carbons (Fsp3) is 0.240. The molecule has 0 unspecified atom stereocenters. The molecule has 3 heterocycles. The third-order valence-corrected chi connectivity index (χ3v) is 5.37. The Morgan fingerprint density at radius 2 is 1.85 bits per heavy atom. The van der Waals surface area contributed by atoms with Crippen LogP contribution in [0.2, 0.25) is 0 Å². The molecule has 1 N–H and O–H groups in total. The largest absolute Gasteiger partial charge is 0.439 e. The first kappa shape index (κ1) is 23.3. The van der Waals surface area contributed by atoms with Crippen LogP contribution in [0.5, 0.6) is 11.6 Å². The average Bonchev–Trinajstić information content (AvgIpc) is 2.81. The lowest BCUT2D eigenvalue weighted by Gasteiger charge is -2.28. The molecule has 176 valence electrons. The molecule has 0 saturated carbocycles. The van der Waals surface area contributed by atoms with E-state index in [9.17, 15) is 18.0 Å². The standard InChI is InChI=1S/C25H23F3N4O2/c1-17-5-7-21(16-29-17)31-24(33)32-11-9-18(10-12-32)13-19-3-2-4-22(14-19)34-23-8-6-20(15-30-23)25(26,27)28/h2-8,13-16H,9-12H2,1H3,(H,31,33). The van der Waals surface area contributed by atoms with E-state index in [0.29, 0.717) is 24.5 Å². The molecule has 1 aliphatic heterocycles. The Balaban J connectivity index is 1.34. The van der Waals surface area contributed by atoms with Crippen molar-refractivity contribution >= 4 is 17.8 Å². The summed E-state index contributed by atoms with van der Waals surface area (Å²) >= 11 is 0. The molecule has 2 aromatic heterocycles. The molecule has 1 fully saturated rings. The minimum absolute atomic E-state index is 0.0842. The fourth-order valence-corrected chi connectivity index (χ4v) is 3.52. The number of amides is 2. The zero-order valence-corrected chi connectivity index (χ0v) is 18.5. The first-order chi connectivity index (χ1) is 16.3. The first-order valence-electron chi connectivity index (χ1n) is 10.8. The van der Waals surface area contributed by atoms with Gasteiger partial charge in [-0.25, -0.2) is 9.78 Å². The number of piperidine rings is 1. The molecule has 9 heteroatoms. The molecule has 0 aliphatic carbocycles. The average molecular weight is 468 g/mol. The predicted molar refractivity (Wildman–Crippen MR) is 123 cm³/mol. The Kier molecular flexibility index (Phi) is 6.81. The minimum atomic E-state index is -4.44. The highest BCUT2D eigenvalue weighted by atomic mass is 19.4. The molecule has 1 aromatic carbocycles. The third-order valence-electron chi connectivity index (χ3n) is 5.37. The number of benzene rings is 1. The number of carbonyl (C=O) groups excluding carboxylic acids is 1. The van der Waals surface area contributed by atoms with Crippen LogP contribution in [0.15, 0.2) is 66.5 Å². The van der Waals surface area contributed by atoms with Gasteiger partial charge in [0.1, 0.15) is 5.75 Å². The van der Waals surface area contributed by atoms with E-state index in [2.05, 4.69) is 15.3 Å². The van der Waals surface area contributed by atoms with Gasteiger partial charge in [0, 0.05) is 31.0 Å². The van der Waals surface area contributed by atoms with Crippen LogP contribution >= 0.6 is 0 Å². The summed E-state index contributed by atoms with van der Waals surface area (Å²) < 4.78 is 43.7. The zero-order valence-electron chi connectivity index (χ0n) is 18.5. The van der Waals surface area contributed by atoms with Crippen LogP contribution in [-0.4, -0.2) is 34.0 Å². The maximum absolute atomic E-state index is 12.7. The number of carbonyl (C=O) groups is 1. The van der Waals surface area contributed by atoms with E-state index in [-0.39, 0.29) is 11.9 Å². The number of rotatable bonds is 4. The summed E-state index contributed by atoms with van der Waals surface area (Å²) in [4.78, 5) is 22.2. The number of aromatic nitrogens is 2. The highest BCUT2D eigenvalue weighted by Crippen LogP contribution is 2.30. The van der Waals surface area contributed by atoms with Gasteiger partial charge in [0.2, 0.25) is 5.88 Å². The van der Waals surface area contributed by atoms with Crippen molar-refractivity contribution in [3.63, 3.8) is 0 Å². The molecule has 1 saturated heterocycles. The van der Waals surface area contributed by atoms with Gasteiger partial charge in [-0.05, 0) is 55.7 Å². The lowest BCUT2D eigenvalue weighted by Crippen LogP contribution is -2.39. The Labute approximate surface area is 195 Å². The molecule has 3 aromatic rings. The normalized spacial score (nSPS) is 14.0. The van der Waals surface area contributed by atoms with Crippen LogP contribution in [-0.2, 0) is 6.18 Å². The Hall–Kier alpha value is -3.88. The summed E-state index contributed by atoms with van der Waals surface area (Å²) in [6.07, 6.45) is 1.48. The van der Waals surface area contributed by atoms with Gasteiger partial charge in [0.25, 0.3) is 0 Å². The molecule has 6 nitrogen and oxygen atoms in total. The van der Waals surface area contributed by atoms with Crippen molar-refractivity contribution in [3.8, 4) is 11.6 Å². The van der Waals surface area contributed by atoms with Crippen molar-refractivity contribution in [3.05, 3.63) is 83.3 Å². The van der Waals surface area contributed by atoms with Gasteiger partial charge in [0.15, 0.2) is 0 Å². The summed E-state index contributed by atoms with van der Waals surface area (Å²) in [6.45, 7) is 3.09. The second-order valence-corrected chi connectivity index (χ2v) is 7.97. The zero-order chi connectivity index (χ0) is 24.1. The maximum atomic E-state index is 12.7. The monoisotopic (exact) mass is 468 g/mol. The third kappa shape index (κ3) is 6.12. The van der Waals surface area contributed by atoms with Crippen molar-refractivity contribution in [1.82, 2.24) is 14.9 Å². The van der Waals surface area contributed by atoms with Crippen molar-refractivity contribution < 1.29 is 22.7 Å². The van der Waals surface area contributed by atoms with Crippen LogP contribution in [0.3, 0.4) is 0 Å². The number of nitrogens with one attached hydrogen (secondary N) is 1. The van der Waals surface area contributed by atoms with E-state index >= 15 is 0 Å². The van der Waals surface area contributed by atoms with Crippen LogP contribution in [0, 0.1) is 6.92 Å². The highest BCUT2D eigenvalue weighted by molar-refractivity contribution is 5.89. The lowest BCUT2D eigenvalue weighted by molar-refractivity contribution is -0.137. The first-order valence-corrected chi connectivity index (χ1v) is 10.8. The molecule has 0 radical (unpaired) electrons. The number of pyridine rings is 2. The van der Waals surface area contributed by atoms with Gasteiger partial charge in [-0.15, -0.1) is 0 Å². The topological polar surface area (TPSA) is 67.4 Å². The molecular weight excluding hydrogens is 445 g/mol. The van der Waals surface area contributed by atoms with Crippen LogP contribution in [0.4, 0.5) is 23.7 Å². The molecular formula is C25H23F3N4O2. The predicted octanol–water partition coefficient (Wildman–Crippen LogP) is 6.31. The fourth-order valence-electron chi connectivity index (χ4n) is 3.52. The van der Waals surface area contributed by atoms with E-state index in [0.717, 1.165) is 36.4 Å². The number of hydrogen-bond acceptors (Lipinski definition) is 4. The van der Waals surface area contributed by atoms with Crippen LogP contribution < -0.4 is 10.1 Å². The number of anilines is 1. The number of nitrogens with zero attached hydrogens (tertiary/aromatic N) is 3. The number of ether oxygens (including phenoxy) is 1. The quantitative estimate of drug-likeness (QED) is 0.487. The van der Waals surface area contributed by atoms with Gasteiger partial charge in [-0.2, -0.15) is 13.2 Å². The summed E-state index contributed by atoms with van der Waals surface area (Å²) in [7, 11) is 0. The second kappa shape index (κ2) is 9.94. The van der Waals surface area contributed by atoms with Crippen molar-refractivity contribution in [2.75, 3.05) is 18.4 Å². The summed E-state index contributed by atoms with van der Waals surface area (Å²) in [5.41, 5.74) is 2.83. The van der Waals surface area contributed by atoms with E-state index < -0.39 is 11.7 Å². The van der Waals surface area contributed by atoms with E-state index in [1.165, 1.54) is 11.6 Å². The van der Waals surface area contributed by atoms with Crippen LogP contribution in [0.1, 0.15) is 29.7 Å². The molecule has 0 spiro atoms. The molecule has 34 heavy (non-hydrogen) atoms. The molecule has 0 bridgehead atoms. The Morgan fingerprint density at radius 1 is 1.06 bits per heavy atom. The Bertz CT molecular complexity index is 1170. The van der Waals surface area contributed by atoms with Crippen molar-refractivity contribution in [2.24, 2.45) is 0 Å². The minimum Gasteiger partial charge on any atom is -0.439 e. The van der Waals surface area contributed by atoms with Crippen LogP contribution in [0.25, 0.3) is 6.08 Å². The van der Waals surface area contributed by atoms with Gasteiger partial charge in [0.05, 0.1) is 17.4 Å². The molecule has 2 amide bonds. The van der Waals surface area contributed by atoms with Gasteiger partial charge >= 0.3 is 12.2 Å².